The van der Waals surface area contributed by atoms with Crippen molar-refractivity contribution >= 4 is 27.8 Å². The quantitative estimate of drug-likeness (QED) is 0.389. The first-order valence-corrected chi connectivity index (χ1v) is 10.1. The number of hydrogen-bond acceptors (Lipinski definition) is 4. The van der Waals surface area contributed by atoms with Crippen LogP contribution < -0.4 is 10.5 Å². The summed E-state index contributed by atoms with van der Waals surface area (Å²) in [6.45, 7) is 2.59. The zero-order valence-corrected chi connectivity index (χ0v) is 17.2. The fraction of sp³-hybridized carbons (Fsp3) is 0.250. The molecule has 4 aromatic rings. The van der Waals surface area contributed by atoms with E-state index in [1.807, 2.05) is 31.2 Å². The van der Waals surface area contributed by atoms with Gasteiger partial charge in [-0.3, -0.25) is 0 Å². The zero-order valence-electron chi connectivity index (χ0n) is 17.2. The van der Waals surface area contributed by atoms with Crippen LogP contribution in [0, 0.1) is 6.92 Å². The number of nitrogens with one attached hydrogen (secondary N) is 1. The Balaban J connectivity index is 1.98. The highest BCUT2D eigenvalue weighted by Gasteiger charge is 2.18. The molecule has 0 aliphatic carbocycles. The van der Waals surface area contributed by atoms with E-state index in [2.05, 4.69) is 11.1 Å². The number of rotatable bonds is 7. The van der Waals surface area contributed by atoms with E-state index in [4.69, 9.17) is 15.5 Å². The van der Waals surface area contributed by atoms with Crippen LogP contribution in [-0.4, -0.2) is 34.7 Å². The molecule has 2 heterocycles. The Morgan fingerprint density at radius 2 is 1.97 bits per heavy atom. The van der Waals surface area contributed by atoms with Gasteiger partial charge in [0, 0.05) is 27.5 Å². The lowest BCUT2D eigenvalue weighted by atomic mass is 9.96. The molecule has 0 fully saturated rings. The number of benzene rings is 2. The number of unbranched alkanes of at least 4 members (excludes halogenated alkanes) is 1. The molecule has 30 heavy (non-hydrogen) atoms. The summed E-state index contributed by atoms with van der Waals surface area (Å²) in [6, 6.07) is 13.2. The van der Waals surface area contributed by atoms with Crippen LogP contribution in [0.25, 0.3) is 33.1 Å². The van der Waals surface area contributed by atoms with Gasteiger partial charge in [-0.25, -0.2) is 9.78 Å². The minimum atomic E-state index is -0.929. The summed E-state index contributed by atoms with van der Waals surface area (Å²) in [6.07, 6.45) is 2.65. The Morgan fingerprint density at radius 3 is 2.70 bits per heavy atom. The standard InChI is InChI=1S/C24H25N3O3/c1-14-6-8-18-17(9-11-21(30-2)23(18)26-14)22-16(5-3-4-12-25)19-13-15(24(28)29)7-10-20(19)27-22/h6-11,13,27H,3-5,12,25H2,1-2H3,(H,28,29). The molecule has 0 radical (unpaired) electrons. The van der Waals surface area contributed by atoms with Crippen LogP contribution in [0.15, 0.2) is 42.5 Å². The van der Waals surface area contributed by atoms with Crippen LogP contribution >= 0.6 is 0 Å². The number of fused-ring (bicyclic) bond motifs is 2. The van der Waals surface area contributed by atoms with Crippen LogP contribution in [0.2, 0.25) is 0 Å². The first-order valence-electron chi connectivity index (χ1n) is 10.1. The smallest absolute Gasteiger partial charge is 0.335 e. The molecule has 0 spiro atoms. The third kappa shape index (κ3) is 3.50. The van der Waals surface area contributed by atoms with Crippen molar-refractivity contribution in [1.82, 2.24) is 9.97 Å². The van der Waals surface area contributed by atoms with Gasteiger partial charge in [-0.2, -0.15) is 0 Å². The van der Waals surface area contributed by atoms with E-state index in [1.165, 1.54) is 0 Å². The van der Waals surface area contributed by atoms with Gasteiger partial charge in [-0.15, -0.1) is 0 Å². The fourth-order valence-corrected chi connectivity index (χ4v) is 3.99. The van der Waals surface area contributed by atoms with Gasteiger partial charge in [0.05, 0.1) is 18.4 Å². The zero-order chi connectivity index (χ0) is 21.3. The number of carboxylic acid groups (broad SMARTS) is 1. The Bertz CT molecular complexity index is 1240. The number of hydrogen-bond donors (Lipinski definition) is 3. The summed E-state index contributed by atoms with van der Waals surface area (Å²) >= 11 is 0. The number of carboxylic acids is 1. The molecule has 0 aliphatic rings. The maximum atomic E-state index is 11.5. The van der Waals surface area contributed by atoms with Crippen molar-refractivity contribution in [3.05, 3.63) is 59.3 Å². The topological polar surface area (TPSA) is 101 Å². The molecule has 6 nitrogen and oxygen atoms in total. The van der Waals surface area contributed by atoms with Gasteiger partial charge in [-0.1, -0.05) is 6.07 Å². The summed E-state index contributed by atoms with van der Waals surface area (Å²) in [5.74, 6) is -0.200. The van der Waals surface area contributed by atoms with Gasteiger partial charge in [0.15, 0.2) is 0 Å². The van der Waals surface area contributed by atoms with Crippen molar-refractivity contribution in [2.24, 2.45) is 5.73 Å². The van der Waals surface area contributed by atoms with Crippen molar-refractivity contribution in [3.63, 3.8) is 0 Å². The third-order valence-corrected chi connectivity index (χ3v) is 5.48. The maximum absolute atomic E-state index is 11.5. The summed E-state index contributed by atoms with van der Waals surface area (Å²) in [5.41, 5.74) is 11.8. The van der Waals surface area contributed by atoms with Crippen LogP contribution in [0.4, 0.5) is 0 Å². The van der Waals surface area contributed by atoms with E-state index in [-0.39, 0.29) is 5.56 Å². The first kappa shape index (κ1) is 19.9. The first-order chi connectivity index (χ1) is 14.5. The molecule has 2 aromatic heterocycles. The van der Waals surface area contributed by atoms with Crippen molar-refractivity contribution in [2.75, 3.05) is 13.7 Å². The molecule has 0 bridgehead atoms. The second-order valence-corrected chi connectivity index (χ2v) is 7.45. The number of nitrogens with zero attached hydrogens (tertiary/aromatic N) is 1. The minimum Gasteiger partial charge on any atom is -0.494 e. The number of ether oxygens (including phenoxy) is 1. The van der Waals surface area contributed by atoms with Crippen LogP contribution in [0.5, 0.6) is 5.75 Å². The Labute approximate surface area is 174 Å². The van der Waals surface area contributed by atoms with Crippen LogP contribution in [-0.2, 0) is 6.42 Å². The molecular formula is C24H25N3O3. The lowest BCUT2D eigenvalue weighted by molar-refractivity contribution is 0.0697. The maximum Gasteiger partial charge on any atom is 0.335 e. The van der Waals surface area contributed by atoms with E-state index >= 15 is 0 Å². The van der Waals surface area contributed by atoms with E-state index in [9.17, 15) is 9.90 Å². The number of aromatic amines is 1. The highest BCUT2D eigenvalue weighted by Crippen LogP contribution is 2.38. The largest absolute Gasteiger partial charge is 0.494 e. The molecular weight excluding hydrogens is 378 g/mol. The van der Waals surface area contributed by atoms with Crippen molar-refractivity contribution in [3.8, 4) is 17.0 Å². The second kappa shape index (κ2) is 8.16. The molecule has 6 heteroatoms. The highest BCUT2D eigenvalue weighted by atomic mass is 16.5. The lowest BCUT2D eigenvalue weighted by Crippen LogP contribution is -2.00. The average molecular weight is 403 g/mol. The number of aromatic carboxylic acids is 1. The molecule has 0 aliphatic heterocycles. The van der Waals surface area contributed by atoms with Gasteiger partial charge in [0.1, 0.15) is 11.3 Å². The summed E-state index contributed by atoms with van der Waals surface area (Å²) in [4.78, 5) is 19.7. The predicted molar refractivity (Wildman–Crippen MR) is 119 cm³/mol. The van der Waals surface area contributed by atoms with Crippen molar-refractivity contribution in [1.29, 1.82) is 0 Å². The van der Waals surface area contributed by atoms with Crippen LogP contribution in [0.1, 0.15) is 34.5 Å². The molecule has 0 saturated heterocycles. The molecule has 0 saturated carbocycles. The van der Waals surface area contributed by atoms with E-state index in [0.717, 1.165) is 69.3 Å². The monoisotopic (exact) mass is 403 g/mol. The highest BCUT2D eigenvalue weighted by molar-refractivity contribution is 6.03. The third-order valence-electron chi connectivity index (χ3n) is 5.48. The van der Waals surface area contributed by atoms with Crippen molar-refractivity contribution in [2.45, 2.75) is 26.2 Å². The summed E-state index contributed by atoms with van der Waals surface area (Å²) in [5, 5.41) is 11.4. The molecule has 154 valence electrons. The molecule has 2 aromatic carbocycles. The van der Waals surface area contributed by atoms with E-state index in [0.29, 0.717) is 6.54 Å². The lowest BCUT2D eigenvalue weighted by Gasteiger charge is -2.12. The number of nitrogens with two attached hydrogens (primary N) is 1. The fourth-order valence-electron chi connectivity index (χ4n) is 3.99. The Morgan fingerprint density at radius 1 is 1.13 bits per heavy atom. The van der Waals surface area contributed by atoms with Gasteiger partial charge < -0.3 is 20.6 Å². The van der Waals surface area contributed by atoms with Gasteiger partial charge in [0.2, 0.25) is 0 Å². The summed E-state index contributed by atoms with van der Waals surface area (Å²) < 4.78 is 5.53. The molecule has 0 unspecified atom stereocenters. The van der Waals surface area contributed by atoms with Gasteiger partial charge in [-0.05, 0) is 74.7 Å². The Hall–Kier alpha value is -3.38. The minimum absolute atomic E-state index is 0.282. The van der Waals surface area contributed by atoms with Gasteiger partial charge >= 0.3 is 5.97 Å². The molecule has 4 N–H and O–H groups in total. The average Bonchev–Trinajstić information content (AvgIpc) is 3.10. The van der Waals surface area contributed by atoms with E-state index in [1.54, 1.807) is 19.2 Å². The molecule has 4 rings (SSSR count). The normalized spacial score (nSPS) is 11.3. The number of aryl methyl sites for hydroxylation is 2. The number of methoxy groups -OCH3 is 1. The van der Waals surface area contributed by atoms with Crippen LogP contribution in [0.3, 0.4) is 0 Å². The molecule has 0 atom stereocenters. The van der Waals surface area contributed by atoms with E-state index < -0.39 is 5.97 Å². The predicted octanol–water partition coefficient (Wildman–Crippen LogP) is 4.68. The SMILES string of the molecule is COc1ccc(-c2[nH]c3ccc(C(=O)O)cc3c2CCCCN)c2ccc(C)nc12. The number of pyridine rings is 1. The van der Waals surface area contributed by atoms with Crippen molar-refractivity contribution < 1.29 is 14.6 Å². The number of carbonyl (C=O) groups is 1. The molecule has 0 amide bonds. The Kier molecular flexibility index (Phi) is 5.42. The second-order valence-electron chi connectivity index (χ2n) is 7.45. The van der Waals surface area contributed by atoms with Gasteiger partial charge in [0.25, 0.3) is 0 Å². The summed E-state index contributed by atoms with van der Waals surface area (Å²) in [7, 11) is 1.65. The number of aromatic nitrogens is 2. The number of H-pyrrole nitrogens is 1.